The van der Waals surface area contributed by atoms with Crippen molar-refractivity contribution in [1.82, 2.24) is 0 Å². The summed E-state index contributed by atoms with van der Waals surface area (Å²) < 4.78 is 0. The second-order valence-corrected chi connectivity index (χ2v) is 5.67. The minimum atomic E-state index is -0.871. The number of nitro benzene ring substituents is 1. The maximum Gasteiger partial charge on any atom is 0.311 e. The molecule has 0 aliphatic rings. The summed E-state index contributed by atoms with van der Waals surface area (Å²) in [7, 11) is 0. The van der Waals surface area contributed by atoms with Gasteiger partial charge in [-0.05, 0) is 18.2 Å². The van der Waals surface area contributed by atoms with Crippen molar-refractivity contribution in [3.63, 3.8) is 0 Å². The third-order valence-corrected chi connectivity index (χ3v) is 4.00. The fourth-order valence-electron chi connectivity index (χ4n) is 1.94. The standard InChI is InChI=1S/C16H9Cl2N3O5/c17-10-2-1-3-11(15(10)18)20-16(24)9(7-19)4-8-5-12(21(25)26)14(23)6-13(8)22/h1-6,22-23H,(H,20,24)/b9-4-. The van der Waals surface area contributed by atoms with Gasteiger partial charge in [0.25, 0.3) is 5.91 Å². The summed E-state index contributed by atoms with van der Waals surface area (Å²) in [6, 6.07) is 7.71. The van der Waals surface area contributed by atoms with E-state index in [1.54, 1.807) is 6.07 Å². The SMILES string of the molecule is N#C/C(=C/c1cc([N+](=O)[O-])c(O)cc1O)C(=O)Nc1cccc(Cl)c1Cl. The second kappa shape index (κ2) is 7.74. The number of nitriles is 1. The van der Waals surface area contributed by atoms with E-state index in [1.165, 1.54) is 18.2 Å². The number of hydrogen-bond acceptors (Lipinski definition) is 6. The molecule has 0 saturated heterocycles. The Morgan fingerprint density at radius 3 is 2.58 bits per heavy atom. The number of nitrogens with one attached hydrogen (secondary N) is 1. The molecule has 0 saturated carbocycles. The largest absolute Gasteiger partial charge is 0.507 e. The van der Waals surface area contributed by atoms with Crippen molar-refractivity contribution in [3.05, 3.63) is 61.6 Å². The van der Waals surface area contributed by atoms with Gasteiger partial charge in [0.1, 0.15) is 17.4 Å². The summed E-state index contributed by atoms with van der Waals surface area (Å²) in [6.07, 6.45) is 0.940. The van der Waals surface area contributed by atoms with E-state index in [0.717, 1.165) is 18.2 Å². The number of carbonyl (C=O) groups is 1. The van der Waals surface area contributed by atoms with Gasteiger partial charge >= 0.3 is 5.69 Å². The summed E-state index contributed by atoms with van der Waals surface area (Å²) in [5.74, 6) is -2.17. The number of aromatic hydroxyl groups is 2. The highest BCUT2D eigenvalue weighted by Crippen LogP contribution is 2.34. The van der Waals surface area contributed by atoms with Crippen molar-refractivity contribution in [2.75, 3.05) is 5.32 Å². The first-order valence-corrected chi connectivity index (χ1v) is 7.57. The van der Waals surface area contributed by atoms with Crippen molar-refractivity contribution in [2.45, 2.75) is 0 Å². The van der Waals surface area contributed by atoms with Crippen molar-refractivity contribution < 1.29 is 19.9 Å². The summed E-state index contributed by atoms with van der Waals surface area (Å²) in [5.41, 5.74) is -1.19. The van der Waals surface area contributed by atoms with Gasteiger partial charge in [0.15, 0.2) is 5.75 Å². The number of rotatable bonds is 4. The van der Waals surface area contributed by atoms with E-state index in [4.69, 9.17) is 23.2 Å². The van der Waals surface area contributed by atoms with Gasteiger partial charge in [0.2, 0.25) is 0 Å². The van der Waals surface area contributed by atoms with Crippen LogP contribution < -0.4 is 5.32 Å². The summed E-state index contributed by atoms with van der Waals surface area (Å²) >= 11 is 11.8. The molecular weight excluding hydrogens is 385 g/mol. The van der Waals surface area contributed by atoms with Gasteiger partial charge in [-0.15, -0.1) is 0 Å². The number of halogens is 2. The zero-order valence-electron chi connectivity index (χ0n) is 12.7. The number of nitro groups is 1. The number of benzene rings is 2. The third-order valence-electron chi connectivity index (χ3n) is 3.19. The molecule has 0 heterocycles. The minimum absolute atomic E-state index is 0.0722. The highest BCUT2D eigenvalue weighted by molar-refractivity contribution is 6.44. The molecule has 0 spiro atoms. The molecule has 0 atom stereocenters. The molecule has 2 aromatic rings. The molecule has 0 unspecified atom stereocenters. The Hall–Kier alpha value is -3.28. The Kier molecular flexibility index (Phi) is 5.67. The predicted octanol–water partition coefficient (Wildman–Crippen LogP) is 3.86. The highest BCUT2D eigenvalue weighted by Gasteiger charge is 2.19. The molecule has 0 bridgehead atoms. The molecule has 0 aliphatic heterocycles. The zero-order chi connectivity index (χ0) is 19.4. The molecule has 2 aromatic carbocycles. The Morgan fingerprint density at radius 2 is 1.96 bits per heavy atom. The van der Waals surface area contributed by atoms with E-state index < -0.39 is 33.6 Å². The van der Waals surface area contributed by atoms with Gasteiger partial charge in [0, 0.05) is 17.7 Å². The zero-order valence-corrected chi connectivity index (χ0v) is 14.2. The van der Waals surface area contributed by atoms with Gasteiger partial charge in [-0.1, -0.05) is 29.3 Å². The number of nitrogens with zero attached hydrogens (tertiary/aromatic N) is 2. The number of carbonyl (C=O) groups excluding carboxylic acids is 1. The molecule has 10 heteroatoms. The third kappa shape index (κ3) is 4.03. The molecule has 132 valence electrons. The van der Waals surface area contributed by atoms with Crippen LogP contribution in [0.15, 0.2) is 35.9 Å². The van der Waals surface area contributed by atoms with E-state index in [0.29, 0.717) is 0 Å². The van der Waals surface area contributed by atoms with Crippen LogP contribution in [0.1, 0.15) is 5.56 Å². The summed E-state index contributed by atoms with van der Waals surface area (Å²) in [5, 5.41) is 41.9. The Bertz CT molecular complexity index is 983. The van der Waals surface area contributed by atoms with Crippen LogP contribution in [-0.4, -0.2) is 21.0 Å². The molecule has 0 fully saturated rings. The minimum Gasteiger partial charge on any atom is -0.507 e. The molecule has 0 aromatic heterocycles. The number of amides is 1. The predicted molar refractivity (Wildman–Crippen MR) is 95.1 cm³/mol. The van der Waals surface area contributed by atoms with Crippen LogP contribution in [0.25, 0.3) is 6.08 Å². The average molecular weight is 394 g/mol. The molecule has 0 radical (unpaired) electrons. The lowest BCUT2D eigenvalue weighted by atomic mass is 10.1. The summed E-state index contributed by atoms with van der Waals surface area (Å²) in [4.78, 5) is 22.2. The normalized spacial score (nSPS) is 10.9. The van der Waals surface area contributed by atoms with Gasteiger partial charge in [-0.2, -0.15) is 5.26 Å². The van der Waals surface area contributed by atoms with Crippen LogP contribution in [0.4, 0.5) is 11.4 Å². The van der Waals surface area contributed by atoms with Crippen molar-refractivity contribution in [3.8, 4) is 17.6 Å². The lowest BCUT2D eigenvalue weighted by Gasteiger charge is -2.08. The monoisotopic (exact) mass is 393 g/mol. The number of phenolic OH excluding ortho intramolecular Hbond substituents is 2. The molecule has 0 aliphatic carbocycles. The fourth-order valence-corrected chi connectivity index (χ4v) is 2.29. The number of phenols is 2. The van der Waals surface area contributed by atoms with Crippen LogP contribution in [0.2, 0.25) is 10.0 Å². The first-order chi connectivity index (χ1) is 12.2. The Balaban J connectivity index is 2.40. The maximum atomic E-state index is 12.2. The van der Waals surface area contributed by atoms with E-state index >= 15 is 0 Å². The molecule has 26 heavy (non-hydrogen) atoms. The number of hydrogen-bond donors (Lipinski definition) is 3. The topological polar surface area (TPSA) is 136 Å². The first-order valence-electron chi connectivity index (χ1n) is 6.82. The van der Waals surface area contributed by atoms with Gasteiger partial charge in [0.05, 0.1) is 20.7 Å². The van der Waals surface area contributed by atoms with Gasteiger partial charge < -0.3 is 15.5 Å². The smallest absolute Gasteiger partial charge is 0.311 e. The average Bonchev–Trinajstić information content (AvgIpc) is 2.57. The lowest BCUT2D eigenvalue weighted by Crippen LogP contribution is -2.13. The van der Waals surface area contributed by atoms with Crippen LogP contribution >= 0.6 is 23.2 Å². The molecule has 1 amide bonds. The Labute approximate surface area is 156 Å². The van der Waals surface area contributed by atoms with Crippen molar-refractivity contribution in [2.24, 2.45) is 0 Å². The van der Waals surface area contributed by atoms with Gasteiger partial charge in [-0.3, -0.25) is 14.9 Å². The van der Waals surface area contributed by atoms with E-state index in [1.807, 2.05) is 0 Å². The highest BCUT2D eigenvalue weighted by atomic mass is 35.5. The second-order valence-electron chi connectivity index (χ2n) is 4.88. The van der Waals surface area contributed by atoms with Crippen LogP contribution in [0.3, 0.4) is 0 Å². The van der Waals surface area contributed by atoms with E-state index in [9.17, 15) is 30.4 Å². The van der Waals surface area contributed by atoms with Crippen molar-refractivity contribution in [1.29, 1.82) is 5.26 Å². The van der Waals surface area contributed by atoms with Crippen molar-refractivity contribution >= 4 is 46.6 Å². The molecule has 2 rings (SSSR count). The summed E-state index contributed by atoms with van der Waals surface area (Å²) in [6.45, 7) is 0. The van der Waals surface area contributed by atoms with Crippen LogP contribution in [0, 0.1) is 21.4 Å². The molecule has 3 N–H and O–H groups in total. The molecule has 8 nitrogen and oxygen atoms in total. The lowest BCUT2D eigenvalue weighted by molar-refractivity contribution is -0.385. The van der Waals surface area contributed by atoms with Gasteiger partial charge in [-0.25, -0.2) is 0 Å². The van der Waals surface area contributed by atoms with Crippen LogP contribution in [0.5, 0.6) is 11.5 Å². The maximum absolute atomic E-state index is 12.2. The Morgan fingerprint density at radius 1 is 1.27 bits per heavy atom. The quantitative estimate of drug-likeness (QED) is 0.312. The van der Waals surface area contributed by atoms with E-state index in [-0.39, 0.29) is 21.3 Å². The number of anilines is 1. The fraction of sp³-hybridized carbons (Fsp3) is 0. The van der Waals surface area contributed by atoms with Crippen LogP contribution in [-0.2, 0) is 4.79 Å². The first kappa shape index (κ1) is 19.1. The molecular formula is C16H9Cl2N3O5. The van der Waals surface area contributed by atoms with E-state index in [2.05, 4.69) is 5.32 Å².